The van der Waals surface area contributed by atoms with Crippen LogP contribution in [-0.4, -0.2) is 12.5 Å². The van der Waals surface area contributed by atoms with Gasteiger partial charge in [0.1, 0.15) is 5.75 Å². The Bertz CT molecular complexity index is 915. The fraction of sp³-hybridized carbons (Fsp3) is 0.231. The van der Waals surface area contributed by atoms with Crippen molar-refractivity contribution in [2.75, 3.05) is 12.5 Å². The molecule has 0 saturated carbocycles. The van der Waals surface area contributed by atoms with Gasteiger partial charge in [0, 0.05) is 9.45 Å². The molecule has 0 amide bonds. The zero-order valence-corrected chi connectivity index (χ0v) is 19.6. The lowest BCUT2D eigenvalue weighted by molar-refractivity contribution is 0.309. The monoisotopic (exact) mass is 516 g/mol. The van der Waals surface area contributed by atoms with Gasteiger partial charge in [-0.15, -0.1) is 11.6 Å². The molecule has 0 aliphatic heterocycles. The third-order valence-electron chi connectivity index (χ3n) is 4.85. The van der Waals surface area contributed by atoms with E-state index < -0.39 is 0 Å². The molecule has 0 aliphatic carbocycles. The average Bonchev–Trinajstić information content (AvgIpc) is 2.77. The highest BCUT2D eigenvalue weighted by Gasteiger charge is 2.13. The molecule has 0 unspecified atom stereocenters. The lowest BCUT2D eigenvalue weighted by Gasteiger charge is -2.17. The molecule has 150 valence electrons. The Balaban J connectivity index is 1.99. The van der Waals surface area contributed by atoms with Gasteiger partial charge in [-0.25, -0.2) is 0 Å². The molecule has 3 rings (SSSR count). The molecule has 0 N–H and O–H groups in total. The first-order chi connectivity index (χ1) is 14.2. The van der Waals surface area contributed by atoms with Crippen LogP contribution in [0, 0.1) is 3.57 Å². The molecule has 3 aromatic carbocycles. The normalized spacial score (nSPS) is 11.8. The number of unbranched alkanes of at least 4 members (excludes halogenated alkanes) is 1. The minimum atomic E-state index is 0.686. The predicted molar refractivity (Wildman–Crippen MR) is 134 cm³/mol. The van der Waals surface area contributed by atoms with Crippen molar-refractivity contribution in [3.05, 3.63) is 99.1 Å². The van der Waals surface area contributed by atoms with Crippen LogP contribution in [0.15, 0.2) is 78.9 Å². The lowest BCUT2D eigenvalue weighted by Crippen LogP contribution is -1.98. The lowest BCUT2D eigenvalue weighted by atomic mass is 9.88. The van der Waals surface area contributed by atoms with Gasteiger partial charge >= 0.3 is 0 Å². The van der Waals surface area contributed by atoms with Gasteiger partial charge in [-0.3, -0.25) is 0 Å². The van der Waals surface area contributed by atoms with E-state index in [1.165, 1.54) is 31.4 Å². The number of hydrogen-bond donors (Lipinski definition) is 0. The maximum Gasteiger partial charge on any atom is 0.119 e. The van der Waals surface area contributed by atoms with Crippen LogP contribution < -0.4 is 4.74 Å². The topological polar surface area (TPSA) is 9.23 Å². The van der Waals surface area contributed by atoms with Crippen molar-refractivity contribution >= 4 is 45.3 Å². The Kier molecular flexibility index (Phi) is 8.63. The number of allylic oxidation sites excluding steroid dienone is 1. The molecular formula is C26H26ClIO. The maximum atomic E-state index is 5.86. The SMILES string of the molecule is CCC(=C(c1ccc(I)cc1)c1ccc(OCCCCCl)cc1)c1ccccc1. The van der Waals surface area contributed by atoms with Crippen LogP contribution in [0.4, 0.5) is 0 Å². The van der Waals surface area contributed by atoms with E-state index >= 15 is 0 Å². The van der Waals surface area contributed by atoms with Crippen molar-refractivity contribution in [3.8, 4) is 5.75 Å². The van der Waals surface area contributed by atoms with Crippen LogP contribution in [0.5, 0.6) is 5.75 Å². The second-order valence-corrected chi connectivity index (χ2v) is 8.47. The van der Waals surface area contributed by atoms with E-state index in [2.05, 4.69) is 108 Å². The summed E-state index contributed by atoms with van der Waals surface area (Å²) in [6.07, 6.45) is 2.92. The maximum absolute atomic E-state index is 5.86. The minimum Gasteiger partial charge on any atom is -0.494 e. The van der Waals surface area contributed by atoms with Gasteiger partial charge in [-0.1, -0.05) is 61.5 Å². The molecule has 0 heterocycles. The van der Waals surface area contributed by atoms with E-state index in [1.54, 1.807) is 0 Å². The van der Waals surface area contributed by atoms with E-state index in [0.717, 1.165) is 25.0 Å². The Morgan fingerprint density at radius 2 is 1.41 bits per heavy atom. The molecule has 3 heteroatoms. The molecule has 0 saturated heterocycles. The minimum absolute atomic E-state index is 0.686. The van der Waals surface area contributed by atoms with Gasteiger partial charge in [0.15, 0.2) is 0 Å². The molecule has 0 aliphatic rings. The highest BCUT2D eigenvalue weighted by molar-refractivity contribution is 14.1. The smallest absolute Gasteiger partial charge is 0.119 e. The highest BCUT2D eigenvalue weighted by atomic mass is 127. The van der Waals surface area contributed by atoms with E-state index in [9.17, 15) is 0 Å². The predicted octanol–water partition coefficient (Wildman–Crippen LogP) is 8.06. The fourth-order valence-electron chi connectivity index (χ4n) is 3.40. The van der Waals surface area contributed by atoms with Crippen LogP contribution in [0.3, 0.4) is 0 Å². The molecular weight excluding hydrogens is 491 g/mol. The second kappa shape index (κ2) is 11.4. The largest absolute Gasteiger partial charge is 0.494 e. The summed E-state index contributed by atoms with van der Waals surface area (Å²) in [6.45, 7) is 2.93. The number of rotatable bonds is 9. The standard InChI is InChI=1S/C26H26ClIO/c1-2-25(20-8-4-3-5-9-20)26(21-10-14-23(28)15-11-21)22-12-16-24(17-13-22)29-19-7-6-18-27/h3-5,8-17H,2,6-7,18-19H2,1H3. The van der Waals surface area contributed by atoms with Crippen molar-refractivity contribution in [2.24, 2.45) is 0 Å². The van der Waals surface area contributed by atoms with Gasteiger partial charge in [0.2, 0.25) is 0 Å². The van der Waals surface area contributed by atoms with E-state index in [4.69, 9.17) is 16.3 Å². The first-order valence-corrected chi connectivity index (χ1v) is 11.7. The fourth-order valence-corrected chi connectivity index (χ4v) is 3.95. The molecule has 0 fully saturated rings. The van der Waals surface area contributed by atoms with Gasteiger partial charge in [-0.2, -0.15) is 0 Å². The van der Waals surface area contributed by atoms with Crippen LogP contribution in [-0.2, 0) is 0 Å². The molecule has 29 heavy (non-hydrogen) atoms. The highest BCUT2D eigenvalue weighted by Crippen LogP contribution is 2.35. The Morgan fingerprint density at radius 3 is 2.00 bits per heavy atom. The van der Waals surface area contributed by atoms with Crippen LogP contribution >= 0.6 is 34.2 Å². The Labute approximate surface area is 192 Å². The van der Waals surface area contributed by atoms with Crippen LogP contribution in [0.2, 0.25) is 0 Å². The summed E-state index contributed by atoms with van der Waals surface area (Å²) in [4.78, 5) is 0. The van der Waals surface area contributed by atoms with Crippen LogP contribution in [0.1, 0.15) is 42.9 Å². The van der Waals surface area contributed by atoms with E-state index in [0.29, 0.717) is 12.5 Å². The summed E-state index contributed by atoms with van der Waals surface area (Å²) in [6, 6.07) is 27.9. The summed E-state index contributed by atoms with van der Waals surface area (Å²) in [5.41, 5.74) is 6.35. The van der Waals surface area contributed by atoms with Gasteiger partial charge in [0.25, 0.3) is 0 Å². The number of halogens is 2. The van der Waals surface area contributed by atoms with Crippen LogP contribution in [0.25, 0.3) is 11.1 Å². The zero-order valence-electron chi connectivity index (χ0n) is 16.7. The van der Waals surface area contributed by atoms with Crippen molar-refractivity contribution in [1.29, 1.82) is 0 Å². The van der Waals surface area contributed by atoms with E-state index in [1.807, 2.05) is 0 Å². The summed E-state index contributed by atoms with van der Waals surface area (Å²) in [7, 11) is 0. The van der Waals surface area contributed by atoms with Gasteiger partial charge in [0.05, 0.1) is 6.61 Å². The quantitative estimate of drug-likeness (QED) is 0.121. The summed E-state index contributed by atoms with van der Waals surface area (Å²) >= 11 is 8.09. The molecule has 0 radical (unpaired) electrons. The second-order valence-electron chi connectivity index (χ2n) is 6.85. The Morgan fingerprint density at radius 1 is 0.793 bits per heavy atom. The number of alkyl halides is 1. The molecule has 0 spiro atoms. The first kappa shape index (κ1) is 21.9. The van der Waals surface area contributed by atoms with Gasteiger partial charge in [-0.05, 0) is 94.0 Å². The molecule has 3 aromatic rings. The Hall–Kier alpha value is -1.78. The molecule has 0 aromatic heterocycles. The van der Waals surface area contributed by atoms with E-state index in [-0.39, 0.29) is 0 Å². The van der Waals surface area contributed by atoms with Gasteiger partial charge < -0.3 is 4.74 Å². The molecule has 0 bridgehead atoms. The first-order valence-electron chi connectivity index (χ1n) is 10.1. The summed E-state index contributed by atoms with van der Waals surface area (Å²) in [5, 5.41) is 0. The molecule has 0 atom stereocenters. The zero-order chi connectivity index (χ0) is 20.5. The number of hydrogen-bond acceptors (Lipinski definition) is 1. The number of benzene rings is 3. The average molecular weight is 517 g/mol. The number of ether oxygens (including phenoxy) is 1. The van der Waals surface area contributed by atoms with Crippen molar-refractivity contribution in [2.45, 2.75) is 26.2 Å². The molecule has 1 nitrogen and oxygen atoms in total. The third kappa shape index (κ3) is 6.10. The van der Waals surface area contributed by atoms with Crippen molar-refractivity contribution in [1.82, 2.24) is 0 Å². The van der Waals surface area contributed by atoms with Crippen molar-refractivity contribution in [3.63, 3.8) is 0 Å². The summed E-state index contributed by atoms with van der Waals surface area (Å²) < 4.78 is 7.10. The third-order valence-corrected chi connectivity index (χ3v) is 5.84. The van der Waals surface area contributed by atoms with Crippen molar-refractivity contribution < 1.29 is 4.74 Å². The summed E-state index contributed by atoms with van der Waals surface area (Å²) in [5.74, 6) is 1.59.